The molecular formula is C5H12N2O2. The fourth-order valence-electron chi connectivity index (χ4n) is 0.485. The number of amides is 1. The van der Waals surface area contributed by atoms with Crippen molar-refractivity contribution in [3.63, 3.8) is 0 Å². The third-order valence-electron chi connectivity index (χ3n) is 0.822. The fourth-order valence-corrected chi connectivity index (χ4v) is 0.485. The summed E-state index contributed by atoms with van der Waals surface area (Å²) in [6.45, 7) is 0.440. The van der Waals surface area contributed by atoms with Crippen LogP contribution >= 0.6 is 0 Å². The Labute approximate surface area is 54.7 Å². The Kier molecular flexibility index (Phi) is 3.01. The second kappa shape index (κ2) is 3.29. The van der Waals surface area contributed by atoms with Crippen LogP contribution in [0.15, 0.2) is 0 Å². The molecule has 0 aromatic heterocycles. The molecule has 4 nitrogen and oxygen atoms in total. The molecule has 0 saturated carbocycles. The molecule has 9 heavy (non-hydrogen) atoms. The summed E-state index contributed by atoms with van der Waals surface area (Å²) in [6, 6.07) is 0. The van der Waals surface area contributed by atoms with E-state index in [-0.39, 0.29) is 0 Å². The van der Waals surface area contributed by atoms with E-state index in [1.54, 1.807) is 4.90 Å². The van der Waals surface area contributed by atoms with Crippen molar-refractivity contribution in [3.05, 3.63) is 0 Å². The predicted octanol–water partition coefficient (Wildman–Crippen LogP) is 0.115. The van der Waals surface area contributed by atoms with Gasteiger partial charge in [0.05, 0.1) is 6.67 Å². The zero-order valence-corrected chi connectivity index (χ0v) is 5.96. The van der Waals surface area contributed by atoms with Crippen LogP contribution in [0.25, 0.3) is 0 Å². The lowest BCUT2D eigenvalue weighted by Crippen LogP contribution is -2.33. The maximum Gasteiger partial charge on any atom is 0.408 e. The lowest BCUT2D eigenvalue weighted by molar-refractivity contribution is 0.135. The Morgan fingerprint density at radius 3 is 2.00 bits per heavy atom. The van der Waals surface area contributed by atoms with Gasteiger partial charge in [-0.2, -0.15) is 0 Å². The van der Waals surface area contributed by atoms with E-state index in [1.807, 2.05) is 14.1 Å². The van der Waals surface area contributed by atoms with Gasteiger partial charge in [0.25, 0.3) is 0 Å². The van der Waals surface area contributed by atoms with Crippen molar-refractivity contribution in [2.45, 2.75) is 0 Å². The van der Waals surface area contributed by atoms with Gasteiger partial charge in [-0.3, -0.25) is 9.80 Å². The first kappa shape index (κ1) is 8.23. The molecule has 0 fully saturated rings. The number of nitrogens with zero attached hydrogens (tertiary/aromatic N) is 2. The summed E-state index contributed by atoms with van der Waals surface area (Å²) in [5.41, 5.74) is 0. The predicted molar refractivity (Wildman–Crippen MR) is 34.3 cm³/mol. The molecule has 1 N–H and O–H groups in total. The van der Waals surface area contributed by atoms with Crippen molar-refractivity contribution in [1.29, 1.82) is 0 Å². The van der Waals surface area contributed by atoms with Crippen molar-refractivity contribution >= 4 is 6.09 Å². The monoisotopic (exact) mass is 132 g/mol. The van der Waals surface area contributed by atoms with Gasteiger partial charge in [-0.05, 0) is 14.1 Å². The summed E-state index contributed by atoms with van der Waals surface area (Å²) in [5.74, 6) is 0. The highest BCUT2D eigenvalue weighted by molar-refractivity contribution is 5.64. The first-order chi connectivity index (χ1) is 4.04. The minimum atomic E-state index is -0.899. The van der Waals surface area contributed by atoms with E-state index in [1.165, 1.54) is 11.9 Å². The number of carbonyl (C=O) groups is 1. The highest BCUT2D eigenvalue weighted by Crippen LogP contribution is 1.83. The Bertz CT molecular complexity index is 103. The van der Waals surface area contributed by atoms with Crippen LogP contribution in [0.1, 0.15) is 0 Å². The summed E-state index contributed by atoms with van der Waals surface area (Å²) >= 11 is 0. The van der Waals surface area contributed by atoms with Crippen LogP contribution in [-0.2, 0) is 0 Å². The third kappa shape index (κ3) is 3.78. The van der Waals surface area contributed by atoms with Crippen molar-refractivity contribution < 1.29 is 9.90 Å². The molecule has 54 valence electrons. The number of hydrogen-bond donors (Lipinski definition) is 1. The van der Waals surface area contributed by atoms with E-state index in [0.717, 1.165) is 0 Å². The Morgan fingerprint density at radius 1 is 1.44 bits per heavy atom. The highest BCUT2D eigenvalue weighted by Gasteiger charge is 2.03. The standard InChI is InChI=1S/C5H12N2O2/c1-6(2)4-7(3)5(8)9/h4H2,1-3H3,(H,8,9). The zero-order chi connectivity index (χ0) is 7.44. The lowest BCUT2D eigenvalue weighted by Gasteiger charge is -2.17. The molecule has 0 spiro atoms. The largest absolute Gasteiger partial charge is 0.465 e. The van der Waals surface area contributed by atoms with Crippen LogP contribution in [0.2, 0.25) is 0 Å². The van der Waals surface area contributed by atoms with E-state index < -0.39 is 6.09 Å². The summed E-state index contributed by atoms with van der Waals surface area (Å²) in [6.07, 6.45) is -0.899. The van der Waals surface area contributed by atoms with Gasteiger partial charge in [-0.15, -0.1) is 0 Å². The number of carboxylic acid groups (broad SMARTS) is 1. The molecular weight excluding hydrogens is 120 g/mol. The Morgan fingerprint density at radius 2 is 1.89 bits per heavy atom. The first-order valence-electron chi connectivity index (χ1n) is 2.63. The second-order valence-corrected chi connectivity index (χ2v) is 2.20. The molecule has 0 radical (unpaired) electrons. The van der Waals surface area contributed by atoms with Crippen molar-refractivity contribution in [1.82, 2.24) is 9.80 Å². The fraction of sp³-hybridized carbons (Fsp3) is 0.800. The Hall–Kier alpha value is -0.770. The van der Waals surface area contributed by atoms with Crippen LogP contribution in [0.4, 0.5) is 4.79 Å². The molecule has 0 saturated heterocycles. The van der Waals surface area contributed by atoms with E-state index in [4.69, 9.17) is 5.11 Å². The smallest absolute Gasteiger partial charge is 0.408 e. The van der Waals surface area contributed by atoms with E-state index in [2.05, 4.69) is 0 Å². The number of rotatable bonds is 2. The highest BCUT2D eigenvalue weighted by atomic mass is 16.4. The van der Waals surface area contributed by atoms with Gasteiger partial charge in [0.2, 0.25) is 0 Å². The summed E-state index contributed by atoms with van der Waals surface area (Å²) in [4.78, 5) is 13.1. The SMILES string of the molecule is CN(C)CN(C)C(=O)O. The third-order valence-corrected chi connectivity index (χ3v) is 0.822. The van der Waals surface area contributed by atoms with E-state index >= 15 is 0 Å². The molecule has 4 heteroatoms. The molecule has 0 heterocycles. The molecule has 0 bridgehead atoms. The first-order valence-corrected chi connectivity index (χ1v) is 2.63. The van der Waals surface area contributed by atoms with Gasteiger partial charge in [-0.25, -0.2) is 4.79 Å². The molecule has 0 atom stereocenters. The maximum atomic E-state index is 10.1. The van der Waals surface area contributed by atoms with Crippen LogP contribution in [-0.4, -0.2) is 48.8 Å². The molecule has 0 aliphatic carbocycles. The van der Waals surface area contributed by atoms with Gasteiger partial charge in [-0.1, -0.05) is 0 Å². The normalized spacial score (nSPS) is 9.78. The van der Waals surface area contributed by atoms with E-state index in [9.17, 15) is 4.79 Å². The second-order valence-electron chi connectivity index (χ2n) is 2.20. The molecule has 0 aliphatic rings. The zero-order valence-electron chi connectivity index (χ0n) is 5.96. The van der Waals surface area contributed by atoms with Crippen molar-refractivity contribution in [2.24, 2.45) is 0 Å². The average molecular weight is 132 g/mol. The lowest BCUT2D eigenvalue weighted by atomic mass is 10.7. The van der Waals surface area contributed by atoms with Crippen molar-refractivity contribution in [2.75, 3.05) is 27.8 Å². The summed E-state index contributed by atoms with van der Waals surface area (Å²) in [5, 5.41) is 8.33. The quantitative estimate of drug-likeness (QED) is 0.542. The minimum absolute atomic E-state index is 0.440. The van der Waals surface area contributed by atoms with Gasteiger partial charge in [0.15, 0.2) is 0 Å². The molecule has 1 amide bonds. The maximum absolute atomic E-state index is 10.1. The molecule has 0 unspecified atom stereocenters. The minimum Gasteiger partial charge on any atom is -0.465 e. The van der Waals surface area contributed by atoms with Crippen LogP contribution in [0, 0.1) is 0 Å². The van der Waals surface area contributed by atoms with E-state index in [0.29, 0.717) is 6.67 Å². The summed E-state index contributed by atoms with van der Waals surface area (Å²) < 4.78 is 0. The molecule has 0 aliphatic heterocycles. The molecule has 0 rings (SSSR count). The van der Waals surface area contributed by atoms with Gasteiger partial charge in [0.1, 0.15) is 0 Å². The number of hydrogen-bond acceptors (Lipinski definition) is 2. The van der Waals surface area contributed by atoms with Gasteiger partial charge >= 0.3 is 6.09 Å². The van der Waals surface area contributed by atoms with Gasteiger partial charge in [0, 0.05) is 7.05 Å². The van der Waals surface area contributed by atoms with Gasteiger partial charge < -0.3 is 5.11 Å². The molecule has 0 aromatic rings. The summed E-state index contributed by atoms with van der Waals surface area (Å²) in [7, 11) is 5.17. The van der Waals surface area contributed by atoms with Crippen LogP contribution in [0.5, 0.6) is 0 Å². The van der Waals surface area contributed by atoms with Crippen molar-refractivity contribution in [3.8, 4) is 0 Å². The van der Waals surface area contributed by atoms with Crippen LogP contribution in [0.3, 0.4) is 0 Å². The Balaban J connectivity index is 3.50. The average Bonchev–Trinajstić information content (AvgIpc) is 1.63. The molecule has 0 aromatic carbocycles. The topological polar surface area (TPSA) is 43.8 Å². The van der Waals surface area contributed by atoms with Crippen LogP contribution < -0.4 is 0 Å².